The number of fused-ring (bicyclic) bond motifs is 1. The van der Waals surface area contributed by atoms with E-state index in [2.05, 4.69) is 20.3 Å². The van der Waals surface area contributed by atoms with Crippen LogP contribution in [0.1, 0.15) is 11.3 Å². The lowest BCUT2D eigenvalue weighted by Crippen LogP contribution is -2.00. The third-order valence-electron chi connectivity index (χ3n) is 3.63. The number of nitrogens with two attached hydrogens (primary N) is 1. The summed E-state index contributed by atoms with van der Waals surface area (Å²) in [6, 6.07) is 4.92. The second-order valence-electron chi connectivity index (χ2n) is 5.17. The fourth-order valence-corrected chi connectivity index (χ4v) is 2.34. The minimum atomic E-state index is -0.316. The smallest absolute Gasteiger partial charge is 0.224 e. The molecule has 0 aliphatic heterocycles. The summed E-state index contributed by atoms with van der Waals surface area (Å²) >= 11 is 0. The Hall–Kier alpha value is -2.76. The first kappa shape index (κ1) is 14.2. The van der Waals surface area contributed by atoms with E-state index in [1.54, 1.807) is 26.2 Å². The molecule has 6 heteroatoms. The molecule has 3 N–H and O–H groups in total. The van der Waals surface area contributed by atoms with Gasteiger partial charge in [0.15, 0.2) is 5.65 Å². The Kier molecular flexibility index (Phi) is 3.36. The van der Waals surface area contributed by atoms with Crippen molar-refractivity contribution in [1.82, 2.24) is 15.0 Å². The van der Waals surface area contributed by atoms with Gasteiger partial charge >= 0.3 is 0 Å². The van der Waals surface area contributed by atoms with E-state index in [1.807, 2.05) is 13.0 Å². The molecular formula is C16H16FN5. The van der Waals surface area contributed by atoms with Crippen molar-refractivity contribution in [2.75, 3.05) is 18.1 Å². The lowest BCUT2D eigenvalue weighted by atomic mass is 10.00. The molecule has 0 saturated heterocycles. The highest BCUT2D eigenvalue weighted by Gasteiger charge is 2.13. The summed E-state index contributed by atoms with van der Waals surface area (Å²) in [6.45, 7) is 3.60. The van der Waals surface area contributed by atoms with Crippen LogP contribution in [0.3, 0.4) is 0 Å². The van der Waals surface area contributed by atoms with E-state index in [-0.39, 0.29) is 5.82 Å². The molecule has 2 heterocycles. The minimum Gasteiger partial charge on any atom is -0.398 e. The zero-order valence-electron chi connectivity index (χ0n) is 12.6. The van der Waals surface area contributed by atoms with Crippen LogP contribution in [0.15, 0.2) is 24.4 Å². The number of benzene rings is 1. The maximum atomic E-state index is 14.3. The maximum Gasteiger partial charge on any atom is 0.224 e. The number of halogens is 1. The summed E-state index contributed by atoms with van der Waals surface area (Å²) in [7, 11) is 1.74. The van der Waals surface area contributed by atoms with Crippen LogP contribution in [0, 0.1) is 19.7 Å². The van der Waals surface area contributed by atoms with Gasteiger partial charge in [0.05, 0.1) is 0 Å². The predicted octanol–water partition coefficient (Wildman–Crippen LogP) is 3.07. The Bertz CT molecular complexity index is 876. The van der Waals surface area contributed by atoms with Gasteiger partial charge in [-0.1, -0.05) is 0 Å². The highest BCUT2D eigenvalue weighted by atomic mass is 19.1. The van der Waals surface area contributed by atoms with E-state index < -0.39 is 0 Å². The van der Waals surface area contributed by atoms with Crippen LogP contribution in [0.4, 0.5) is 16.0 Å². The molecule has 0 aliphatic rings. The maximum absolute atomic E-state index is 14.3. The van der Waals surface area contributed by atoms with E-state index in [0.717, 1.165) is 10.9 Å². The Morgan fingerprint density at radius 1 is 1.09 bits per heavy atom. The topological polar surface area (TPSA) is 76.7 Å². The molecular weight excluding hydrogens is 281 g/mol. The van der Waals surface area contributed by atoms with Gasteiger partial charge in [-0.2, -0.15) is 4.98 Å². The number of nitrogens with one attached hydrogen (secondary N) is 1. The van der Waals surface area contributed by atoms with Crippen LogP contribution in [-0.4, -0.2) is 22.0 Å². The number of hydrogen-bond donors (Lipinski definition) is 2. The van der Waals surface area contributed by atoms with Gasteiger partial charge in [0.2, 0.25) is 5.95 Å². The second kappa shape index (κ2) is 5.22. The van der Waals surface area contributed by atoms with Gasteiger partial charge < -0.3 is 11.1 Å². The Morgan fingerprint density at radius 2 is 1.86 bits per heavy atom. The van der Waals surface area contributed by atoms with Crippen molar-refractivity contribution in [3.05, 3.63) is 41.5 Å². The predicted molar refractivity (Wildman–Crippen MR) is 86.2 cm³/mol. The van der Waals surface area contributed by atoms with Crippen molar-refractivity contribution >= 4 is 22.7 Å². The number of aromatic nitrogens is 3. The van der Waals surface area contributed by atoms with Crippen LogP contribution in [0.5, 0.6) is 0 Å². The highest BCUT2D eigenvalue weighted by molar-refractivity contribution is 5.83. The molecule has 0 saturated carbocycles. The van der Waals surface area contributed by atoms with Crippen LogP contribution >= 0.6 is 0 Å². The minimum absolute atomic E-state index is 0.316. The Labute approximate surface area is 127 Å². The molecule has 0 aliphatic carbocycles. The summed E-state index contributed by atoms with van der Waals surface area (Å²) < 4.78 is 14.3. The molecule has 0 fully saturated rings. The molecule has 2 aromatic heterocycles. The molecule has 0 amide bonds. The summed E-state index contributed by atoms with van der Waals surface area (Å²) in [6.07, 6.45) is 1.67. The first-order valence-corrected chi connectivity index (χ1v) is 6.87. The van der Waals surface area contributed by atoms with Crippen LogP contribution in [-0.2, 0) is 0 Å². The number of nitrogen functional groups attached to an aromatic ring is 1. The number of hydrogen-bond acceptors (Lipinski definition) is 5. The Balaban J connectivity index is 2.23. The molecule has 1 aromatic carbocycles. The van der Waals surface area contributed by atoms with Gasteiger partial charge in [-0.25, -0.2) is 14.4 Å². The van der Waals surface area contributed by atoms with Crippen molar-refractivity contribution in [2.45, 2.75) is 13.8 Å². The fourth-order valence-electron chi connectivity index (χ4n) is 2.34. The summed E-state index contributed by atoms with van der Waals surface area (Å²) in [4.78, 5) is 12.9. The average Bonchev–Trinajstić information content (AvgIpc) is 2.50. The molecule has 3 rings (SSSR count). The molecule has 112 valence electrons. The molecule has 0 bridgehead atoms. The fraction of sp³-hybridized carbons (Fsp3) is 0.188. The molecule has 0 radical (unpaired) electrons. The number of rotatable bonds is 2. The molecule has 0 spiro atoms. The monoisotopic (exact) mass is 297 g/mol. The van der Waals surface area contributed by atoms with E-state index in [4.69, 9.17) is 5.73 Å². The van der Waals surface area contributed by atoms with Gasteiger partial charge in [0.1, 0.15) is 5.82 Å². The zero-order valence-corrected chi connectivity index (χ0v) is 12.6. The second-order valence-corrected chi connectivity index (χ2v) is 5.17. The van der Waals surface area contributed by atoms with Crippen LogP contribution in [0.25, 0.3) is 22.2 Å². The molecule has 5 nitrogen and oxygen atoms in total. The van der Waals surface area contributed by atoms with Crippen molar-refractivity contribution < 1.29 is 4.39 Å². The largest absolute Gasteiger partial charge is 0.398 e. The number of nitrogens with zero attached hydrogens (tertiary/aromatic N) is 3. The quantitative estimate of drug-likeness (QED) is 0.711. The first-order chi connectivity index (χ1) is 10.5. The van der Waals surface area contributed by atoms with E-state index in [9.17, 15) is 4.39 Å². The van der Waals surface area contributed by atoms with E-state index in [1.165, 1.54) is 6.07 Å². The molecule has 3 aromatic rings. The van der Waals surface area contributed by atoms with E-state index >= 15 is 0 Å². The third kappa shape index (κ3) is 2.32. The third-order valence-corrected chi connectivity index (χ3v) is 3.63. The van der Waals surface area contributed by atoms with Gasteiger partial charge in [0.25, 0.3) is 0 Å². The van der Waals surface area contributed by atoms with Crippen molar-refractivity contribution in [2.24, 2.45) is 0 Å². The van der Waals surface area contributed by atoms with Gasteiger partial charge in [-0.15, -0.1) is 0 Å². The SMILES string of the molecule is CNc1ncc2cc(-c3cc(N)c(C)cc3F)c(C)nc2n1. The lowest BCUT2D eigenvalue weighted by Gasteiger charge is -2.11. The number of anilines is 2. The number of aryl methyl sites for hydroxylation is 2. The summed E-state index contributed by atoms with van der Waals surface area (Å²) in [5.74, 6) is 0.182. The normalized spacial score (nSPS) is 10.9. The van der Waals surface area contributed by atoms with Crippen molar-refractivity contribution in [1.29, 1.82) is 0 Å². The van der Waals surface area contributed by atoms with Crippen molar-refractivity contribution in [3.8, 4) is 11.1 Å². The lowest BCUT2D eigenvalue weighted by molar-refractivity contribution is 0.630. The van der Waals surface area contributed by atoms with Gasteiger partial charge in [-0.3, -0.25) is 0 Å². The first-order valence-electron chi connectivity index (χ1n) is 6.87. The van der Waals surface area contributed by atoms with Gasteiger partial charge in [-0.05, 0) is 37.6 Å². The molecule has 0 atom stereocenters. The van der Waals surface area contributed by atoms with Crippen LogP contribution < -0.4 is 11.1 Å². The molecule has 22 heavy (non-hydrogen) atoms. The summed E-state index contributed by atoms with van der Waals surface area (Å²) in [5.41, 5.74) is 9.57. The standard InChI is InChI=1S/C16H16FN5/c1-8-4-13(17)12(6-14(8)18)11-5-10-7-20-16(19-3)22-15(10)21-9(11)2/h4-7H,18H2,1-3H3,(H,19,20,21,22). The average molecular weight is 297 g/mol. The zero-order chi connectivity index (χ0) is 15.9. The Morgan fingerprint density at radius 3 is 2.59 bits per heavy atom. The van der Waals surface area contributed by atoms with Gasteiger partial charge in [0, 0.05) is 41.1 Å². The summed E-state index contributed by atoms with van der Waals surface area (Å²) in [5, 5.41) is 3.62. The van der Waals surface area contributed by atoms with Crippen molar-refractivity contribution in [3.63, 3.8) is 0 Å². The van der Waals surface area contributed by atoms with E-state index in [0.29, 0.717) is 34.1 Å². The number of pyridine rings is 1. The highest BCUT2D eigenvalue weighted by Crippen LogP contribution is 2.30. The molecule has 0 unspecified atom stereocenters. The van der Waals surface area contributed by atoms with Crippen LogP contribution in [0.2, 0.25) is 0 Å².